The first-order valence-corrected chi connectivity index (χ1v) is 6.85. The van der Waals surface area contributed by atoms with Crippen molar-refractivity contribution in [3.05, 3.63) is 59.1 Å². The summed E-state index contributed by atoms with van der Waals surface area (Å²) in [5, 5.41) is 18.9. The Kier molecular flexibility index (Phi) is 4.72. The zero-order valence-electron chi connectivity index (χ0n) is 9.58. The van der Waals surface area contributed by atoms with Crippen molar-refractivity contribution in [2.75, 3.05) is 0 Å². The number of halogens is 1. The van der Waals surface area contributed by atoms with Gasteiger partial charge in [0.05, 0.1) is 0 Å². The van der Waals surface area contributed by atoms with Crippen molar-refractivity contribution in [3.8, 4) is 0 Å². The molecule has 0 unspecified atom stereocenters. The van der Waals surface area contributed by atoms with Gasteiger partial charge in [-0.3, -0.25) is 0 Å². The average molecular weight is 279 g/mol. The predicted molar refractivity (Wildman–Crippen MR) is 77.3 cm³/mol. The molecule has 0 amide bonds. The van der Waals surface area contributed by atoms with Gasteiger partial charge in [0.1, 0.15) is 0 Å². The van der Waals surface area contributed by atoms with E-state index in [9.17, 15) is 0 Å². The molecule has 5 heteroatoms. The molecule has 0 bridgehead atoms. The fraction of sp³-hybridized carbons (Fsp3) is 0.0769. The Morgan fingerprint density at radius 3 is 2.56 bits per heavy atom. The Morgan fingerprint density at radius 1 is 1.06 bits per heavy atom. The molecule has 0 spiro atoms. The van der Waals surface area contributed by atoms with E-state index in [0.717, 1.165) is 21.2 Å². The van der Waals surface area contributed by atoms with E-state index in [1.54, 1.807) is 23.9 Å². The minimum absolute atomic E-state index is 0.513. The van der Waals surface area contributed by atoms with E-state index >= 15 is 0 Å². The first-order valence-electron chi connectivity index (χ1n) is 5.48. The summed E-state index contributed by atoms with van der Waals surface area (Å²) < 4.78 is 0. The van der Waals surface area contributed by atoms with Gasteiger partial charge in [0, 0.05) is 15.7 Å². The molecular formula is C13H12BClO2S. The quantitative estimate of drug-likeness (QED) is 0.666. The largest absolute Gasteiger partial charge is 0.488 e. The van der Waals surface area contributed by atoms with Crippen molar-refractivity contribution in [1.29, 1.82) is 0 Å². The van der Waals surface area contributed by atoms with Crippen LogP contribution in [0.4, 0.5) is 0 Å². The molecule has 2 aromatic carbocycles. The van der Waals surface area contributed by atoms with Crippen LogP contribution in [0, 0.1) is 0 Å². The van der Waals surface area contributed by atoms with Gasteiger partial charge in [0.15, 0.2) is 0 Å². The minimum Gasteiger partial charge on any atom is -0.423 e. The third-order valence-corrected chi connectivity index (χ3v) is 3.75. The van der Waals surface area contributed by atoms with Crippen LogP contribution in [-0.2, 0) is 5.75 Å². The standard InChI is InChI=1S/C13H12BClO2S/c15-12-5-2-6-13(8-12)18-9-10-3-1-4-11(7-10)14(16)17/h1-8,16-17H,9H2. The van der Waals surface area contributed by atoms with Crippen LogP contribution in [0.5, 0.6) is 0 Å². The number of hydrogen-bond donors (Lipinski definition) is 2. The number of thioether (sulfide) groups is 1. The van der Waals surface area contributed by atoms with Gasteiger partial charge in [-0.05, 0) is 29.2 Å². The number of benzene rings is 2. The van der Waals surface area contributed by atoms with Gasteiger partial charge < -0.3 is 10.0 Å². The van der Waals surface area contributed by atoms with E-state index in [-0.39, 0.29) is 0 Å². The molecule has 2 nitrogen and oxygen atoms in total. The van der Waals surface area contributed by atoms with Gasteiger partial charge in [-0.2, -0.15) is 0 Å². The SMILES string of the molecule is OB(O)c1cccc(CSc2cccc(Cl)c2)c1. The zero-order chi connectivity index (χ0) is 13.0. The maximum absolute atomic E-state index is 9.10. The van der Waals surface area contributed by atoms with Crippen molar-refractivity contribution < 1.29 is 10.0 Å². The normalized spacial score (nSPS) is 10.4. The van der Waals surface area contributed by atoms with E-state index < -0.39 is 7.12 Å². The molecule has 0 atom stereocenters. The molecule has 0 aromatic heterocycles. The summed E-state index contributed by atoms with van der Waals surface area (Å²) in [6, 6.07) is 14.9. The van der Waals surface area contributed by atoms with Gasteiger partial charge in [-0.15, -0.1) is 11.8 Å². The lowest BCUT2D eigenvalue weighted by Gasteiger charge is -2.05. The molecule has 18 heavy (non-hydrogen) atoms. The second-order valence-electron chi connectivity index (χ2n) is 3.86. The summed E-state index contributed by atoms with van der Waals surface area (Å²) in [5.74, 6) is 0.765. The van der Waals surface area contributed by atoms with Crippen LogP contribution in [0.1, 0.15) is 5.56 Å². The van der Waals surface area contributed by atoms with Crippen molar-refractivity contribution in [2.45, 2.75) is 10.6 Å². The smallest absolute Gasteiger partial charge is 0.423 e. The topological polar surface area (TPSA) is 40.5 Å². The van der Waals surface area contributed by atoms with Gasteiger partial charge in [0.25, 0.3) is 0 Å². The van der Waals surface area contributed by atoms with E-state index in [1.165, 1.54) is 0 Å². The van der Waals surface area contributed by atoms with E-state index in [0.29, 0.717) is 5.46 Å². The molecule has 92 valence electrons. The molecule has 2 aromatic rings. The van der Waals surface area contributed by atoms with Crippen LogP contribution in [0.3, 0.4) is 0 Å². The summed E-state index contributed by atoms with van der Waals surface area (Å²) in [4.78, 5) is 1.09. The molecule has 0 saturated carbocycles. The highest BCUT2D eigenvalue weighted by Crippen LogP contribution is 2.24. The predicted octanol–water partition coefficient (Wildman–Crippen LogP) is 2.31. The van der Waals surface area contributed by atoms with Gasteiger partial charge in [-0.25, -0.2) is 0 Å². The minimum atomic E-state index is -1.42. The van der Waals surface area contributed by atoms with Crippen LogP contribution in [0.25, 0.3) is 0 Å². The monoisotopic (exact) mass is 278 g/mol. The Morgan fingerprint density at radius 2 is 1.83 bits per heavy atom. The van der Waals surface area contributed by atoms with Crippen LogP contribution in [0.15, 0.2) is 53.4 Å². The van der Waals surface area contributed by atoms with Gasteiger partial charge in [-0.1, -0.05) is 41.9 Å². The Hall–Kier alpha value is -0.935. The van der Waals surface area contributed by atoms with Crippen molar-refractivity contribution in [1.82, 2.24) is 0 Å². The van der Waals surface area contributed by atoms with Crippen LogP contribution in [0.2, 0.25) is 5.02 Å². The molecule has 0 heterocycles. The van der Waals surface area contributed by atoms with Gasteiger partial charge in [0.2, 0.25) is 0 Å². The highest BCUT2D eigenvalue weighted by molar-refractivity contribution is 7.98. The zero-order valence-corrected chi connectivity index (χ0v) is 11.2. The molecule has 0 radical (unpaired) electrons. The molecule has 0 saturated heterocycles. The Bertz CT molecular complexity index is 534. The molecule has 2 N–H and O–H groups in total. The fourth-order valence-corrected chi connectivity index (χ4v) is 2.72. The van der Waals surface area contributed by atoms with Crippen molar-refractivity contribution >= 4 is 35.9 Å². The first kappa shape index (κ1) is 13.5. The second-order valence-corrected chi connectivity index (χ2v) is 5.35. The third-order valence-electron chi connectivity index (χ3n) is 2.45. The van der Waals surface area contributed by atoms with Crippen LogP contribution < -0.4 is 5.46 Å². The summed E-state index contributed by atoms with van der Waals surface area (Å²) in [6.07, 6.45) is 0. The highest BCUT2D eigenvalue weighted by atomic mass is 35.5. The van der Waals surface area contributed by atoms with Crippen molar-refractivity contribution in [2.24, 2.45) is 0 Å². The lowest BCUT2D eigenvalue weighted by Crippen LogP contribution is -2.29. The van der Waals surface area contributed by atoms with Crippen LogP contribution >= 0.6 is 23.4 Å². The molecule has 0 fully saturated rings. The lowest BCUT2D eigenvalue weighted by atomic mass is 9.80. The number of rotatable bonds is 4. The average Bonchev–Trinajstić information content (AvgIpc) is 2.37. The summed E-state index contributed by atoms with van der Waals surface area (Å²) >= 11 is 7.57. The van der Waals surface area contributed by atoms with Crippen LogP contribution in [-0.4, -0.2) is 17.2 Å². The molecular weight excluding hydrogens is 266 g/mol. The highest BCUT2D eigenvalue weighted by Gasteiger charge is 2.10. The first-order chi connectivity index (χ1) is 8.65. The second kappa shape index (κ2) is 6.30. The van der Waals surface area contributed by atoms with Gasteiger partial charge >= 0.3 is 7.12 Å². The Labute approximate surface area is 116 Å². The summed E-state index contributed by atoms with van der Waals surface area (Å²) in [7, 11) is -1.42. The summed E-state index contributed by atoms with van der Waals surface area (Å²) in [5.41, 5.74) is 1.56. The Balaban J connectivity index is 2.04. The molecule has 0 aliphatic heterocycles. The maximum Gasteiger partial charge on any atom is 0.488 e. The lowest BCUT2D eigenvalue weighted by molar-refractivity contribution is 0.425. The van der Waals surface area contributed by atoms with E-state index in [1.807, 2.05) is 36.4 Å². The molecule has 0 aliphatic carbocycles. The third kappa shape index (κ3) is 3.78. The van der Waals surface area contributed by atoms with E-state index in [2.05, 4.69) is 0 Å². The number of hydrogen-bond acceptors (Lipinski definition) is 3. The molecule has 0 aliphatic rings. The maximum atomic E-state index is 9.10. The van der Waals surface area contributed by atoms with E-state index in [4.69, 9.17) is 21.6 Å². The summed E-state index contributed by atoms with van der Waals surface area (Å²) in [6.45, 7) is 0. The molecule has 2 rings (SSSR count). The van der Waals surface area contributed by atoms with Crippen molar-refractivity contribution in [3.63, 3.8) is 0 Å². The fourth-order valence-electron chi connectivity index (χ4n) is 1.57.